The minimum Gasteiger partial charge on any atom is -0.324 e. The van der Waals surface area contributed by atoms with Gasteiger partial charge in [-0.25, -0.2) is 8.78 Å². The summed E-state index contributed by atoms with van der Waals surface area (Å²) < 4.78 is 26.7. The van der Waals surface area contributed by atoms with Crippen molar-refractivity contribution in [1.82, 2.24) is 0 Å². The minimum absolute atomic E-state index is 0.0321. The van der Waals surface area contributed by atoms with E-state index in [9.17, 15) is 8.78 Å². The second-order valence-electron chi connectivity index (χ2n) is 3.26. The van der Waals surface area contributed by atoms with Crippen LogP contribution in [-0.2, 0) is 0 Å². The molecule has 0 aromatic heterocycles. The van der Waals surface area contributed by atoms with Crippen LogP contribution in [0.3, 0.4) is 0 Å². The molecule has 1 nitrogen and oxygen atoms in total. The van der Waals surface area contributed by atoms with Crippen molar-refractivity contribution >= 4 is 11.6 Å². The average Bonchev–Trinajstić information content (AvgIpc) is 2.12. The molecule has 1 aromatic rings. The summed E-state index contributed by atoms with van der Waals surface area (Å²) >= 11 is 5.49. The summed E-state index contributed by atoms with van der Waals surface area (Å²) in [4.78, 5) is 0. The third-order valence-corrected chi connectivity index (χ3v) is 2.31. The molecule has 15 heavy (non-hydrogen) atoms. The normalized spacial score (nSPS) is 12.5. The molecule has 82 valence electrons. The summed E-state index contributed by atoms with van der Waals surface area (Å²) in [7, 11) is 0. The minimum atomic E-state index is -0.698. The van der Waals surface area contributed by atoms with Gasteiger partial charge in [-0.15, -0.1) is 6.58 Å². The molecule has 1 rings (SSSR count). The van der Waals surface area contributed by atoms with Crippen LogP contribution in [-0.4, -0.2) is 0 Å². The van der Waals surface area contributed by atoms with Crippen molar-refractivity contribution in [2.75, 3.05) is 0 Å². The van der Waals surface area contributed by atoms with Crippen LogP contribution in [0.4, 0.5) is 8.78 Å². The summed E-state index contributed by atoms with van der Waals surface area (Å²) in [6, 6.07) is 1.46. The number of halogens is 3. The predicted molar refractivity (Wildman–Crippen MR) is 57.7 cm³/mol. The van der Waals surface area contributed by atoms with E-state index >= 15 is 0 Å². The molecule has 0 saturated carbocycles. The highest BCUT2D eigenvalue weighted by molar-refractivity contribution is 6.30. The molecule has 0 heterocycles. The topological polar surface area (TPSA) is 26.0 Å². The van der Waals surface area contributed by atoms with Crippen molar-refractivity contribution in [3.8, 4) is 0 Å². The first-order valence-electron chi connectivity index (χ1n) is 4.57. The van der Waals surface area contributed by atoms with Gasteiger partial charge in [-0.3, -0.25) is 0 Å². The Morgan fingerprint density at radius 2 is 1.93 bits per heavy atom. The van der Waals surface area contributed by atoms with E-state index in [1.807, 2.05) is 0 Å². The summed E-state index contributed by atoms with van der Waals surface area (Å²) in [5.74, 6) is -1.40. The van der Waals surface area contributed by atoms with Crippen LogP contribution in [0.15, 0.2) is 24.8 Å². The quantitative estimate of drug-likeness (QED) is 0.788. The number of rotatable bonds is 4. The Balaban J connectivity index is 2.97. The Bertz CT molecular complexity index is 343. The van der Waals surface area contributed by atoms with Crippen molar-refractivity contribution in [2.24, 2.45) is 5.73 Å². The van der Waals surface area contributed by atoms with Crippen LogP contribution in [0.25, 0.3) is 0 Å². The van der Waals surface area contributed by atoms with Gasteiger partial charge >= 0.3 is 0 Å². The van der Waals surface area contributed by atoms with E-state index < -0.39 is 17.7 Å². The van der Waals surface area contributed by atoms with Gasteiger partial charge < -0.3 is 5.73 Å². The van der Waals surface area contributed by atoms with E-state index in [-0.39, 0.29) is 10.6 Å². The second-order valence-corrected chi connectivity index (χ2v) is 3.69. The smallest absolute Gasteiger partial charge is 0.132 e. The van der Waals surface area contributed by atoms with Crippen LogP contribution in [0, 0.1) is 11.6 Å². The SMILES string of the molecule is C=CCC[C@@H](N)c1c(F)cc(Cl)cc1F. The van der Waals surface area contributed by atoms with Gasteiger partial charge in [-0.2, -0.15) is 0 Å². The maximum Gasteiger partial charge on any atom is 0.132 e. The summed E-state index contributed by atoms with van der Waals surface area (Å²) in [5, 5.41) is 0.0321. The van der Waals surface area contributed by atoms with Crippen molar-refractivity contribution in [3.63, 3.8) is 0 Å². The lowest BCUT2D eigenvalue weighted by atomic mass is 10.0. The molecular formula is C11H12ClF2N. The van der Waals surface area contributed by atoms with E-state index in [0.29, 0.717) is 12.8 Å². The summed E-state index contributed by atoms with van der Waals surface area (Å²) in [6.07, 6.45) is 2.73. The number of nitrogens with two attached hydrogens (primary N) is 1. The van der Waals surface area contributed by atoms with Crippen LogP contribution >= 0.6 is 11.6 Å². The van der Waals surface area contributed by atoms with Crippen molar-refractivity contribution in [1.29, 1.82) is 0 Å². The third-order valence-electron chi connectivity index (χ3n) is 2.10. The Labute approximate surface area is 92.5 Å². The zero-order valence-corrected chi connectivity index (χ0v) is 8.90. The molecular weight excluding hydrogens is 220 g/mol. The van der Waals surface area contributed by atoms with Gasteiger partial charge in [0.05, 0.1) is 0 Å². The maximum atomic E-state index is 13.4. The molecule has 0 aliphatic carbocycles. The Morgan fingerprint density at radius 1 is 1.40 bits per heavy atom. The first-order valence-corrected chi connectivity index (χ1v) is 4.95. The molecule has 0 unspecified atom stereocenters. The van der Waals surface area contributed by atoms with Gasteiger partial charge in [0.25, 0.3) is 0 Å². The van der Waals surface area contributed by atoms with Crippen LogP contribution in [0.5, 0.6) is 0 Å². The Hall–Kier alpha value is -0.930. The predicted octanol–water partition coefficient (Wildman–Crippen LogP) is 3.58. The number of hydrogen-bond acceptors (Lipinski definition) is 1. The highest BCUT2D eigenvalue weighted by Gasteiger charge is 2.16. The molecule has 0 radical (unpaired) electrons. The van der Waals surface area contributed by atoms with E-state index in [1.54, 1.807) is 6.08 Å². The fourth-order valence-electron chi connectivity index (χ4n) is 1.35. The van der Waals surface area contributed by atoms with Crippen molar-refractivity contribution < 1.29 is 8.78 Å². The first kappa shape index (κ1) is 12.1. The van der Waals surface area contributed by atoms with Crippen molar-refractivity contribution in [2.45, 2.75) is 18.9 Å². The van der Waals surface area contributed by atoms with Gasteiger partial charge in [0.15, 0.2) is 0 Å². The van der Waals surface area contributed by atoms with Crippen LogP contribution < -0.4 is 5.73 Å². The molecule has 0 aliphatic rings. The molecule has 0 amide bonds. The van der Waals surface area contributed by atoms with Gasteiger partial charge in [0.2, 0.25) is 0 Å². The van der Waals surface area contributed by atoms with Gasteiger partial charge in [-0.05, 0) is 25.0 Å². The van der Waals surface area contributed by atoms with Gasteiger partial charge in [0.1, 0.15) is 11.6 Å². The second kappa shape index (κ2) is 5.24. The summed E-state index contributed by atoms with van der Waals surface area (Å²) in [6.45, 7) is 3.52. The molecule has 1 atom stereocenters. The van der Waals surface area contributed by atoms with Gasteiger partial charge in [-0.1, -0.05) is 17.7 Å². The van der Waals surface area contributed by atoms with Crippen LogP contribution in [0.2, 0.25) is 5.02 Å². The molecule has 4 heteroatoms. The molecule has 0 aliphatic heterocycles. The molecule has 2 N–H and O–H groups in total. The highest BCUT2D eigenvalue weighted by atomic mass is 35.5. The lowest BCUT2D eigenvalue weighted by Gasteiger charge is -2.13. The maximum absolute atomic E-state index is 13.4. The third kappa shape index (κ3) is 3.01. The van der Waals surface area contributed by atoms with Crippen LogP contribution in [0.1, 0.15) is 24.4 Å². The molecule has 1 aromatic carbocycles. The average molecular weight is 232 g/mol. The Kier molecular flexibility index (Phi) is 4.24. The summed E-state index contributed by atoms with van der Waals surface area (Å²) in [5.41, 5.74) is 5.55. The zero-order valence-electron chi connectivity index (χ0n) is 8.14. The Morgan fingerprint density at radius 3 is 2.40 bits per heavy atom. The zero-order chi connectivity index (χ0) is 11.4. The fourth-order valence-corrected chi connectivity index (χ4v) is 1.54. The molecule has 0 bridgehead atoms. The highest BCUT2D eigenvalue weighted by Crippen LogP contribution is 2.25. The lowest BCUT2D eigenvalue weighted by molar-refractivity contribution is 0.514. The van der Waals surface area contributed by atoms with Crippen molar-refractivity contribution in [3.05, 3.63) is 47.0 Å². The lowest BCUT2D eigenvalue weighted by Crippen LogP contribution is -2.14. The largest absolute Gasteiger partial charge is 0.324 e. The molecule has 0 fully saturated rings. The van der Waals surface area contributed by atoms with E-state index in [1.165, 1.54) is 0 Å². The molecule has 0 saturated heterocycles. The van der Waals surface area contributed by atoms with E-state index in [4.69, 9.17) is 17.3 Å². The number of hydrogen-bond donors (Lipinski definition) is 1. The monoisotopic (exact) mass is 231 g/mol. The van der Waals surface area contributed by atoms with E-state index in [2.05, 4.69) is 6.58 Å². The number of allylic oxidation sites excluding steroid dienone is 1. The first-order chi connectivity index (χ1) is 7.06. The fraction of sp³-hybridized carbons (Fsp3) is 0.273. The number of benzene rings is 1. The molecule has 0 spiro atoms. The standard InChI is InChI=1S/C11H12ClF2N/c1-2-3-4-10(15)11-8(13)5-7(12)6-9(11)14/h2,5-6,10H,1,3-4,15H2/t10-/m1/s1. The van der Waals surface area contributed by atoms with Gasteiger partial charge in [0, 0.05) is 16.6 Å². The van der Waals surface area contributed by atoms with E-state index in [0.717, 1.165) is 12.1 Å².